The van der Waals surface area contributed by atoms with Crippen molar-refractivity contribution in [3.8, 4) is 5.75 Å². The number of benzene rings is 2. The average molecular weight is 254 g/mol. The van der Waals surface area contributed by atoms with Crippen LogP contribution in [0.1, 0.15) is 42.0 Å². The highest BCUT2D eigenvalue weighted by molar-refractivity contribution is 5.33. The van der Waals surface area contributed by atoms with Gasteiger partial charge in [0.25, 0.3) is 0 Å². The molecule has 0 heterocycles. The van der Waals surface area contributed by atoms with Gasteiger partial charge in [0.15, 0.2) is 0 Å². The lowest BCUT2D eigenvalue weighted by molar-refractivity contribution is 0.306. The van der Waals surface area contributed by atoms with Crippen LogP contribution in [0.2, 0.25) is 0 Å². The summed E-state index contributed by atoms with van der Waals surface area (Å²) in [6.45, 7) is 9.23. The van der Waals surface area contributed by atoms with Gasteiger partial charge < -0.3 is 4.74 Å². The van der Waals surface area contributed by atoms with Gasteiger partial charge in [0.2, 0.25) is 0 Å². The van der Waals surface area contributed by atoms with Crippen molar-refractivity contribution in [3.63, 3.8) is 0 Å². The molecule has 0 unspecified atom stereocenters. The van der Waals surface area contributed by atoms with E-state index in [9.17, 15) is 0 Å². The molecule has 0 aromatic heterocycles. The third-order valence-corrected chi connectivity index (χ3v) is 3.25. The first kappa shape index (κ1) is 13.7. The van der Waals surface area contributed by atoms with Crippen molar-refractivity contribution < 1.29 is 4.74 Å². The van der Waals surface area contributed by atoms with Crippen LogP contribution in [0.4, 0.5) is 0 Å². The van der Waals surface area contributed by atoms with Crippen LogP contribution in [-0.4, -0.2) is 0 Å². The van der Waals surface area contributed by atoms with Gasteiger partial charge in [-0.3, -0.25) is 0 Å². The Bertz CT molecular complexity index is 518. The van der Waals surface area contributed by atoms with E-state index in [1.807, 2.05) is 0 Å². The lowest BCUT2D eigenvalue weighted by atomic mass is 10.0. The van der Waals surface area contributed by atoms with Gasteiger partial charge in [-0.15, -0.1) is 0 Å². The van der Waals surface area contributed by atoms with Gasteiger partial charge in [-0.2, -0.15) is 0 Å². The number of aryl methyl sites for hydroxylation is 2. The molecule has 0 saturated heterocycles. The van der Waals surface area contributed by atoms with E-state index in [1.165, 1.54) is 22.3 Å². The van der Waals surface area contributed by atoms with E-state index >= 15 is 0 Å². The number of hydrogen-bond acceptors (Lipinski definition) is 1. The third kappa shape index (κ3) is 3.85. The van der Waals surface area contributed by atoms with Crippen molar-refractivity contribution in [2.45, 2.75) is 40.2 Å². The summed E-state index contributed by atoms with van der Waals surface area (Å²) in [6.07, 6.45) is 0. The fourth-order valence-electron chi connectivity index (χ4n) is 2.18. The van der Waals surface area contributed by atoms with Crippen LogP contribution in [0.3, 0.4) is 0 Å². The molecule has 1 nitrogen and oxygen atoms in total. The average Bonchev–Trinajstić information content (AvgIpc) is 2.36. The Kier molecular flexibility index (Phi) is 4.26. The molecule has 0 fully saturated rings. The van der Waals surface area contributed by atoms with E-state index in [0.29, 0.717) is 12.5 Å². The van der Waals surface area contributed by atoms with Gasteiger partial charge in [-0.05, 0) is 54.2 Å². The lowest BCUT2D eigenvalue weighted by Crippen LogP contribution is -1.97. The second-order valence-corrected chi connectivity index (χ2v) is 5.51. The zero-order chi connectivity index (χ0) is 13.8. The largest absolute Gasteiger partial charge is 0.489 e. The Hall–Kier alpha value is -1.76. The topological polar surface area (TPSA) is 9.23 Å². The maximum Gasteiger partial charge on any atom is 0.120 e. The summed E-state index contributed by atoms with van der Waals surface area (Å²) < 4.78 is 5.85. The summed E-state index contributed by atoms with van der Waals surface area (Å²) in [5, 5.41) is 0. The molecule has 0 aliphatic heterocycles. The molecular formula is C18H22O. The minimum atomic E-state index is 0.578. The smallest absolute Gasteiger partial charge is 0.120 e. The van der Waals surface area contributed by atoms with Crippen molar-refractivity contribution in [1.82, 2.24) is 0 Å². The molecule has 0 spiro atoms. The Morgan fingerprint density at radius 2 is 1.47 bits per heavy atom. The van der Waals surface area contributed by atoms with Gasteiger partial charge >= 0.3 is 0 Å². The predicted molar refractivity (Wildman–Crippen MR) is 80.8 cm³/mol. The first-order valence-corrected chi connectivity index (χ1v) is 6.84. The molecule has 19 heavy (non-hydrogen) atoms. The van der Waals surface area contributed by atoms with Crippen LogP contribution >= 0.6 is 0 Å². The molecule has 0 radical (unpaired) electrons. The van der Waals surface area contributed by atoms with Crippen LogP contribution in [-0.2, 0) is 6.61 Å². The van der Waals surface area contributed by atoms with Crippen molar-refractivity contribution >= 4 is 0 Å². The molecular weight excluding hydrogens is 232 g/mol. The Morgan fingerprint density at radius 1 is 0.895 bits per heavy atom. The number of hydrogen-bond donors (Lipinski definition) is 0. The second-order valence-electron chi connectivity index (χ2n) is 5.51. The van der Waals surface area contributed by atoms with Crippen LogP contribution < -0.4 is 4.74 Å². The maximum atomic E-state index is 5.85. The molecule has 1 heteroatoms. The van der Waals surface area contributed by atoms with E-state index in [1.54, 1.807) is 0 Å². The molecule has 0 bridgehead atoms. The molecule has 0 saturated carbocycles. The predicted octanol–water partition coefficient (Wildman–Crippen LogP) is 5.01. The fraction of sp³-hybridized carbons (Fsp3) is 0.333. The highest BCUT2D eigenvalue weighted by Gasteiger charge is 2.01. The summed E-state index contributed by atoms with van der Waals surface area (Å²) in [7, 11) is 0. The zero-order valence-electron chi connectivity index (χ0n) is 12.2. The van der Waals surface area contributed by atoms with Gasteiger partial charge in [0.05, 0.1) is 0 Å². The highest BCUT2D eigenvalue weighted by atomic mass is 16.5. The van der Waals surface area contributed by atoms with Crippen LogP contribution in [0.25, 0.3) is 0 Å². The standard InChI is InChI=1S/C18H22O/c1-13(2)17-7-5-16(6-8-17)12-19-18-10-14(3)9-15(4)11-18/h5-11,13H,12H2,1-4H3. The van der Waals surface area contributed by atoms with Gasteiger partial charge in [-0.25, -0.2) is 0 Å². The molecule has 2 rings (SSSR count). The minimum Gasteiger partial charge on any atom is -0.489 e. The third-order valence-electron chi connectivity index (χ3n) is 3.25. The first-order chi connectivity index (χ1) is 9.04. The van der Waals surface area contributed by atoms with Crippen molar-refractivity contribution in [2.75, 3.05) is 0 Å². The molecule has 0 N–H and O–H groups in total. The SMILES string of the molecule is Cc1cc(C)cc(OCc2ccc(C(C)C)cc2)c1. The Balaban J connectivity index is 2.02. The number of ether oxygens (including phenoxy) is 1. The Labute approximate surface area is 116 Å². The van der Waals surface area contributed by atoms with Gasteiger partial charge in [0.1, 0.15) is 12.4 Å². The highest BCUT2D eigenvalue weighted by Crippen LogP contribution is 2.19. The quantitative estimate of drug-likeness (QED) is 0.745. The molecule has 100 valence electrons. The second kappa shape index (κ2) is 5.92. The molecule has 2 aromatic rings. The van der Waals surface area contributed by atoms with E-state index in [-0.39, 0.29) is 0 Å². The summed E-state index contributed by atoms with van der Waals surface area (Å²) in [4.78, 5) is 0. The fourth-order valence-corrected chi connectivity index (χ4v) is 2.18. The van der Waals surface area contributed by atoms with Crippen LogP contribution in [0.5, 0.6) is 5.75 Å². The monoisotopic (exact) mass is 254 g/mol. The first-order valence-electron chi connectivity index (χ1n) is 6.84. The van der Waals surface area contributed by atoms with Crippen LogP contribution in [0, 0.1) is 13.8 Å². The summed E-state index contributed by atoms with van der Waals surface area (Å²) in [5.74, 6) is 1.53. The van der Waals surface area contributed by atoms with E-state index in [4.69, 9.17) is 4.74 Å². The van der Waals surface area contributed by atoms with E-state index < -0.39 is 0 Å². The van der Waals surface area contributed by atoms with E-state index in [2.05, 4.69) is 70.2 Å². The maximum absolute atomic E-state index is 5.85. The molecule has 0 atom stereocenters. The van der Waals surface area contributed by atoms with Crippen molar-refractivity contribution in [3.05, 3.63) is 64.7 Å². The van der Waals surface area contributed by atoms with Crippen molar-refractivity contribution in [2.24, 2.45) is 0 Å². The van der Waals surface area contributed by atoms with E-state index in [0.717, 1.165) is 5.75 Å². The van der Waals surface area contributed by atoms with Gasteiger partial charge in [0, 0.05) is 0 Å². The number of rotatable bonds is 4. The van der Waals surface area contributed by atoms with Gasteiger partial charge in [-0.1, -0.05) is 44.2 Å². The van der Waals surface area contributed by atoms with Crippen molar-refractivity contribution in [1.29, 1.82) is 0 Å². The summed E-state index contributed by atoms with van der Waals surface area (Å²) >= 11 is 0. The molecule has 2 aromatic carbocycles. The molecule has 0 aliphatic carbocycles. The summed E-state index contributed by atoms with van der Waals surface area (Å²) in [5.41, 5.74) is 5.06. The zero-order valence-corrected chi connectivity index (χ0v) is 12.2. The molecule has 0 amide bonds. The van der Waals surface area contributed by atoms with Crippen LogP contribution in [0.15, 0.2) is 42.5 Å². The normalized spacial score (nSPS) is 10.8. The summed E-state index contributed by atoms with van der Waals surface area (Å²) in [6, 6.07) is 15.0. The Morgan fingerprint density at radius 3 is 2.00 bits per heavy atom. The minimum absolute atomic E-state index is 0.578. The molecule has 0 aliphatic rings. The lowest BCUT2D eigenvalue weighted by Gasteiger charge is -2.10.